The second kappa shape index (κ2) is 18.8. The smallest absolute Gasteiger partial charge is 0.200 e. The van der Waals surface area contributed by atoms with Crippen LogP contribution in [0.25, 0.3) is 0 Å². The number of alkyl halides is 18. The molecule has 0 aromatic carbocycles. The third kappa shape index (κ3) is 13.1. The first-order valence-corrected chi connectivity index (χ1v) is 16.0. The van der Waals surface area contributed by atoms with Crippen LogP contribution < -0.4 is 0 Å². The molecule has 0 spiro atoms. The minimum absolute atomic E-state index is 0.0290. The number of hydrogen-bond acceptors (Lipinski definition) is 0. The number of halogens is 18. The van der Waals surface area contributed by atoms with Gasteiger partial charge in [0.25, 0.3) is 0 Å². The van der Waals surface area contributed by atoms with Crippen molar-refractivity contribution in [3.63, 3.8) is 0 Å². The normalized spacial score (nSPS) is 14.8. The molecule has 0 N–H and O–H groups in total. The Balaban J connectivity index is 3.89. The molecular formula is C30H44F18. The van der Waals surface area contributed by atoms with Crippen molar-refractivity contribution in [3.8, 4) is 0 Å². The van der Waals surface area contributed by atoms with Gasteiger partial charge in [-0.15, -0.1) is 0 Å². The molecule has 290 valence electrons. The van der Waals surface area contributed by atoms with E-state index in [9.17, 15) is 79.0 Å². The van der Waals surface area contributed by atoms with Crippen molar-refractivity contribution in [3.05, 3.63) is 0 Å². The van der Waals surface area contributed by atoms with E-state index in [-0.39, 0.29) is 12.8 Å². The largest absolute Gasteiger partial charge is 0.460 e. The van der Waals surface area contributed by atoms with E-state index in [1.165, 1.54) is 0 Å². The van der Waals surface area contributed by atoms with E-state index in [1.54, 1.807) is 0 Å². The van der Waals surface area contributed by atoms with Gasteiger partial charge in [-0.3, -0.25) is 0 Å². The highest BCUT2D eigenvalue weighted by Crippen LogP contribution is 2.55. The van der Waals surface area contributed by atoms with Gasteiger partial charge < -0.3 is 0 Å². The second-order valence-corrected chi connectivity index (χ2v) is 12.5. The molecule has 0 aromatic heterocycles. The van der Waals surface area contributed by atoms with Gasteiger partial charge in [0.15, 0.2) is 0 Å². The van der Waals surface area contributed by atoms with Gasteiger partial charge in [-0.1, -0.05) is 110 Å². The van der Waals surface area contributed by atoms with Crippen LogP contribution in [0.15, 0.2) is 0 Å². The minimum Gasteiger partial charge on any atom is -0.200 e. The summed E-state index contributed by atoms with van der Waals surface area (Å²) in [6, 6.07) is 0. The predicted molar refractivity (Wildman–Crippen MR) is 143 cm³/mol. The molecule has 18 heteroatoms. The Hall–Kier alpha value is -1.26. The van der Waals surface area contributed by atoms with Gasteiger partial charge in [0.05, 0.1) is 0 Å². The standard InChI is InChI=1S/C30H44F18/c1-22(18-14-10-6-2-4-8-12-16-20-23(31,32)25(35,36)27(39,40)29(43,44)45)19-15-11-7-3-5-9-13-17-21-24(33,34)26(37,38)28(41,42)30(46,47)48/h22H,2-21H2,1H3. The van der Waals surface area contributed by atoms with Crippen LogP contribution in [0, 0.1) is 5.92 Å². The average Bonchev–Trinajstić information content (AvgIpc) is 2.93. The predicted octanol–water partition coefficient (Wildman–Crippen LogP) is 14.4. The lowest BCUT2D eigenvalue weighted by Gasteiger charge is -2.33. The van der Waals surface area contributed by atoms with E-state index >= 15 is 0 Å². The molecule has 0 nitrogen and oxygen atoms in total. The Morgan fingerprint density at radius 2 is 0.500 bits per heavy atom. The van der Waals surface area contributed by atoms with Crippen LogP contribution in [0.3, 0.4) is 0 Å². The summed E-state index contributed by atoms with van der Waals surface area (Å²) in [5, 5.41) is 0. The first-order valence-electron chi connectivity index (χ1n) is 16.0. The van der Waals surface area contributed by atoms with E-state index in [2.05, 4.69) is 6.92 Å². The highest BCUT2D eigenvalue weighted by atomic mass is 19.4. The summed E-state index contributed by atoms with van der Waals surface area (Å²) >= 11 is 0. The first-order chi connectivity index (χ1) is 21.6. The van der Waals surface area contributed by atoms with Crippen molar-refractivity contribution in [1.82, 2.24) is 0 Å². The van der Waals surface area contributed by atoms with Gasteiger partial charge in [-0.2, -0.15) is 79.0 Å². The lowest BCUT2D eigenvalue weighted by molar-refractivity contribution is -0.396. The zero-order valence-corrected chi connectivity index (χ0v) is 26.5. The Kier molecular flexibility index (Phi) is 18.3. The zero-order chi connectivity index (χ0) is 37.7. The fourth-order valence-corrected chi connectivity index (χ4v) is 5.07. The van der Waals surface area contributed by atoms with Gasteiger partial charge in [-0.25, -0.2) is 0 Å². The topological polar surface area (TPSA) is 0 Å². The molecule has 0 aromatic rings. The molecule has 0 atom stereocenters. The second-order valence-electron chi connectivity index (χ2n) is 12.5. The molecule has 0 amide bonds. The van der Waals surface area contributed by atoms with E-state index in [0.717, 1.165) is 51.4 Å². The molecule has 0 fully saturated rings. The molecule has 0 aliphatic carbocycles. The molecule has 0 bridgehead atoms. The molecule has 0 aliphatic heterocycles. The number of unbranched alkanes of at least 4 members (excludes halogenated alkanes) is 14. The van der Waals surface area contributed by atoms with Gasteiger partial charge in [-0.05, 0) is 18.8 Å². The zero-order valence-electron chi connectivity index (χ0n) is 26.5. The van der Waals surface area contributed by atoms with Crippen molar-refractivity contribution in [1.29, 1.82) is 0 Å². The molecule has 0 radical (unpaired) electrons. The van der Waals surface area contributed by atoms with E-state index in [4.69, 9.17) is 0 Å². The summed E-state index contributed by atoms with van der Waals surface area (Å²) in [5.41, 5.74) is 0. The average molecular weight is 747 g/mol. The molecule has 0 unspecified atom stereocenters. The number of rotatable bonds is 26. The Morgan fingerprint density at radius 1 is 0.292 bits per heavy atom. The molecule has 0 saturated carbocycles. The van der Waals surface area contributed by atoms with Crippen molar-refractivity contribution in [2.75, 3.05) is 0 Å². The Labute approximate surface area is 268 Å². The molecule has 0 aliphatic rings. The van der Waals surface area contributed by atoms with Crippen LogP contribution in [-0.4, -0.2) is 47.9 Å². The summed E-state index contributed by atoms with van der Waals surface area (Å²) in [7, 11) is 0. The summed E-state index contributed by atoms with van der Waals surface area (Å²) in [4.78, 5) is 0. The third-order valence-electron chi connectivity index (χ3n) is 8.29. The maximum Gasteiger partial charge on any atom is 0.460 e. The van der Waals surface area contributed by atoms with Crippen LogP contribution in [0.1, 0.15) is 135 Å². The van der Waals surface area contributed by atoms with Crippen LogP contribution in [-0.2, 0) is 0 Å². The third-order valence-corrected chi connectivity index (χ3v) is 8.29. The summed E-state index contributed by atoms with van der Waals surface area (Å²) in [6.07, 6.45) is -8.35. The summed E-state index contributed by atoms with van der Waals surface area (Å²) in [5.74, 6) is -37.5. The highest BCUT2D eigenvalue weighted by molar-refractivity contribution is 5.01. The van der Waals surface area contributed by atoms with Crippen LogP contribution in [0.2, 0.25) is 0 Å². The monoisotopic (exact) mass is 746 g/mol. The van der Waals surface area contributed by atoms with Crippen LogP contribution in [0.4, 0.5) is 79.0 Å². The molecular weight excluding hydrogens is 702 g/mol. The van der Waals surface area contributed by atoms with Crippen molar-refractivity contribution in [2.24, 2.45) is 5.92 Å². The molecule has 0 rings (SSSR count). The fourth-order valence-electron chi connectivity index (χ4n) is 5.07. The van der Waals surface area contributed by atoms with Gasteiger partial charge in [0.2, 0.25) is 0 Å². The van der Waals surface area contributed by atoms with Crippen LogP contribution in [0.5, 0.6) is 0 Å². The van der Waals surface area contributed by atoms with E-state index < -0.39 is 73.6 Å². The van der Waals surface area contributed by atoms with Gasteiger partial charge in [0.1, 0.15) is 0 Å². The van der Waals surface area contributed by atoms with Crippen molar-refractivity contribution < 1.29 is 79.0 Å². The number of hydrogen-bond donors (Lipinski definition) is 0. The lowest BCUT2D eigenvalue weighted by atomic mass is 9.95. The molecule has 48 heavy (non-hydrogen) atoms. The highest BCUT2D eigenvalue weighted by Gasteiger charge is 2.82. The SMILES string of the molecule is CC(CCCCCCCCCCC(F)(F)C(F)(F)C(F)(F)C(F)(F)F)CCCCCCCCCCC(F)(F)C(F)(F)C(F)(F)C(F)(F)F. The quantitative estimate of drug-likeness (QED) is 0.0611. The maximum absolute atomic E-state index is 13.5. The van der Waals surface area contributed by atoms with E-state index in [0.29, 0.717) is 44.4 Å². The van der Waals surface area contributed by atoms with Crippen molar-refractivity contribution >= 4 is 0 Å². The maximum atomic E-state index is 13.5. The van der Waals surface area contributed by atoms with E-state index in [1.807, 2.05) is 0 Å². The Morgan fingerprint density at radius 3 is 0.729 bits per heavy atom. The lowest BCUT2D eigenvalue weighted by Crippen LogP contribution is -2.60. The Bertz CT molecular complexity index is 806. The molecule has 0 saturated heterocycles. The summed E-state index contributed by atoms with van der Waals surface area (Å²) in [6.45, 7) is 2.06. The van der Waals surface area contributed by atoms with Gasteiger partial charge >= 0.3 is 47.9 Å². The fraction of sp³-hybridized carbons (Fsp3) is 1.00. The minimum atomic E-state index is -6.86. The van der Waals surface area contributed by atoms with Crippen molar-refractivity contribution in [2.45, 2.75) is 183 Å². The molecule has 0 heterocycles. The van der Waals surface area contributed by atoms with Gasteiger partial charge in [0, 0.05) is 12.8 Å². The first kappa shape index (κ1) is 46.7. The summed E-state index contributed by atoms with van der Waals surface area (Å²) < 4.78 is 231. The van der Waals surface area contributed by atoms with Crippen LogP contribution >= 0.6 is 0 Å².